The van der Waals surface area contributed by atoms with Crippen molar-refractivity contribution in [3.8, 4) is 0 Å². The molecule has 3 aromatic carbocycles. The molecular weight excluding hydrogens is 522 g/mol. The number of pyridine rings is 1. The average Bonchev–Trinajstić information content (AvgIpc) is 3.45. The van der Waals surface area contributed by atoms with E-state index in [4.69, 9.17) is 11.6 Å². The van der Waals surface area contributed by atoms with Gasteiger partial charge in [0.15, 0.2) is 11.6 Å². The molecule has 3 aliphatic rings. The third kappa shape index (κ3) is 3.36. The number of nitrogens with one attached hydrogen (secondary N) is 1. The van der Waals surface area contributed by atoms with E-state index in [1.807, 2.05) is 60.4 Å². The molecule has 1 saturated heterocycles. The van der Waals surface area contributed by atoms with E-state index >= 15 is 0 Å². The number of nitrogens with zero attached hydrogens (tertiary/aromatic N) is 2. The number of aromatic nitrogens is 1. The summed E-state index contributed by atoms with van der Waals surface area (Å²) in [7, 11) is 0. The van der Waals surface area contributed by atoms with Crippen LogP contribution in [0.1, 0.15) is 37.5 Å². The number of carbonyl (C=O) groups excluding carboxylic acids is 3. The molecule has 1 amide bonds. The van der Waals surface area contributed by atoms with Crippen LogP contribution in [0.15, 0.2) is 97.2 Å². The molecule has 4 atom stereocenters. The fourth-order valence-corrected chi connectivity index (χ4v) is 6.88. The molecule has 7 rings (SSSR count). The van der Waals surface area contributed by atoms with Gasteiger partial charge in [-0.15, -0.1) is 0 Å². The molecule has 1 fully saturated rings. The first-order valence-electron chi connectivity index (χ1n) is 13.1. The zero-order chi connectivity index (χ0) is 27.6. The maximum Gasteiger partial charge on any atom is 0.238 e. The maximum atomic E-state index is 14.6. The number of fused-ring (bicyclic) bond motifs is 6. The third-order valence-electron chi connectivity index (χ3n) is 8.39. The van der Waals surface area contributed by atoms with Gasteiger partial charge in [-0.2, -0.15) is 0 Å². The van der Waals surface area contributed by atoms with E-state index in [1.54, 1.807) is 48.7 Å². The van der Waals surface area contributed by atoms with Gasteiger partial charge in [0.25, 0.3) is 0 Å². The minimum atomic E-state index is -1.36. The Morgan fingerprint density at radius 3 is 2.50 bits per heavy atom. The summed E-state index contributed by atoms with van der Waals surface area (Å²) in [6.45, 7) is 2.01. The van der Waals surface area contributed by atoms with Crippen molar-refractivity contribution in [3.63, 3.8) is 0 Å². The second-order valence-corrected chi connectivity index (χ2v) is 11.0. The highest BCUT2D eigenvalue weighted by Crippen LogP contribution is 2.58. The van der Waals surface area contributed by atoms with Crippen molar-refractivity contribution in [1.82, 2.24) is 4.98 Å². The summed E-state index contributed by atoms with van der Waals surface area (Å²) in [4.78, 5) is 49.8. The number of carbonyl (C=O) groups is 3. The molecule has 0 unspecified atom stereocenters. The first-order valence-corrected chi connectivity index (χ1v) is 13.5. The second-order valence-electron chi connectivity index (χ2n) is 10.5. The van der Waals surface area contributed by atoms with E-state index in [1.165, 1.54) is 0 Å². The topological polar surface area (TPSA) is 79.4 Å². The van der Waals surface area contributed by atoms with Crippen molar-refractivity contribution in [3.05, 3.63) is 130 Å². The maximum absolute atomic E-state index is 14.6. The van der Waals surface area contributed by atoms with Gasteiger partial charge in [0.2, 0.25) is 5.91 Å². The van der Waals surface area contributed by atoms with Crippen LogP contribution < -0.4 is 10.2 Å². The Morgan fingerprint density at radius 1 is 0.950 bits per heavy atom. The third-order valence-corrected chi connectivity index (χ3v) is 8.64. The molecule has 196 valence electrons. The highest BCUT2D eigenvalue weighted by Gasteiger charge is 2.70. The van der Waals surface area contributed by atoms with Gasteiger partial charge in [0, 0.05) is 28.2 Å². The summed E-state index contributed by atoms with van der Waals surface area (Å²) in [5.41, 5.74) is 3.42. The van der Waals surface area contributed by atoms with E-state index in [0.717, 1.165) is 16.8 Å². The first-order chi connectivity index (χ1) is 19.4. The number of ketones is 2. The number of anilines is 2. The SMILES string of the molecule is Cc1ccc2c(c1)C=C[C@@H]1N2[C@H](C(=O)c2ccc(Cl)cc2)[C@H](C(=O)c2ccccn2)[C@]12C(=O)Nc1ccccc12. The molecule has 6 nitrogen and oxygen atoms in total. The van der Waals surface area contributed by atoms with Crippen LogP contribution in [0.3, 0.4) is 0 Å². The molecule has 7 heteroatoms. The molecule has 4 aromatic rings. The van der Waals surface area contributed by atoms with Crippen molar-refractivity contribution in [1.29, 1.82) is 0 Å². The van der Waals surface area contributed by atoms with Gasteiger partial charge in [0.1, 0.15) is 17.2 Å². The van der Waals surface area contributed by atoms with Crippen molar-refractivity contribution in [2.24, 2.45) is 5.92 Å². The number of amides is 1. The highest BCUT2D eigenvalue weighted by molar-refractivity contribution is 6.30. The molecule has 4 heterocycles. The summed E-state index contributed by atoms with van der Waals surface area (Å²) in [5, 5.41) is 3.54. The number of aryl methyl sites for hydroxylation is 1. The summed E-state index contributed by atoms with van der Waals surface area (Å²) in [6.07, 6.45) is 5.52. The summed E-state index contributed by atoms with van der Waals surface area (Å²) >= 11 is 6.16. The molecule has 0 saturated carbocycles. The van der Waals surface area contributed by atoms with E-state index < -0.39 is 23.4 Å². The van der Waals surface area contributed by atoms with Gasteiger partial charge in [-0.1, -0.05) is 59.6 Å². The Morgan fingerprint density at radius 2 is 1.73 bits per heavy atom. The van der Waals surface area contributed by atoms with Crippen molar-refractivity contribution >= 4 is 46.5 Å². The summed E-state index contributed by atoms with van der Waals surface area (Å²) < 4.78 is 0. The zero-order valence-corrected chi connectivity index (χ0v) is 22.3. The van der Waals surface area contributed by atoms with E-state index in [0.29, 0.717) is 21.8 Å². The van der Waals surface area contributed by atoms with Gasteiger partial charge in [0.05, 0.1) is 12.0 Å². The fourth-order valence-electron chi connectivity index (χ4n) is 6.75. The Balaban J connectivity index is 1.54. The Bertz CT molecular complexity index is 1730. The predicted molar refractivity (Wildman–Crippen MR) is 155 cm³/mol. The lowest BCUT2D eigenvalue weighted by atomic mass is 9.64. The smallest absolute Gasteiger partial charge is 0.238 e. The van der Waals surface area contributed by atoms with Crippen LogP contribution in [-0.4, -0.2) is 34.5 Å². The zero-order valence-electron chi connectivity index (χ0n) is 21.5. The highest BCUT2D eigenvalue weighted by atomic mass is 35.5. The Hall–Kier alpha value is -4.55. The number of benzene rings is 3. The predicted octanol–water partition coefficient (Wildman–Crippen LogP) is 5.90. The quantitative estimate of drug-likeness (QED) is 0.323. The molecule has 1 N–H and O–H groups in total. The van der Waals surface area contributed by atoms with Gasteiger partial charge < -0.3 is 10.2 Å². The number of halogens is 1. The second kappa shape index (κ2) is 9.00. The minimum Gasteiger partial charge on any atom is -0.352 e. The number of hydrogen-bond acceptors (Lipinski definition) is 5. The number of rotatable bonds is 4. The van der Waals surface area contributed by atoms with Crippen LogP contribution in [-0.2, 0) is 10.2 Å². The molecule has 0 radical (unpaired) electrons. The lowest BCUT2D eigenvalue weighted by molar-refractivity contribution is -0.121. The Labute approximate surface area is 236 Å². The van der Waals surface area contributed by atoms with E-state index in [2.05, 4.69) is 16.4 Å². The van der Waals surface area contributed by atoms with E-state index in [9.17, 15) is 14.4 Å². The van der Waals surface area contributed by atoms with Crippen LogP contribution in [0, 0.1) is 12.8 Å². The first kappa shape index (κ1) is 24.5. The molecule has 1 spiro atoms. The van der Waals surface area contributed by atoms with Crippen molar-refractivity contribution in [2.75, 3.05) is 10.2 Å². The minimum absolute atomic E-state index is 0.214. The molecule has 40 heavy (non-hydrogen) atoms. The number of Topliss-reactive ketones (excluding diaryl/α,β-unsaturated/α-hetero) is 2. The van der Waals surface area contributed by atoms with Gasteiger partial charge in [-0.05, 0) is 72.6 Å². The van der Waals surface area contributed by atoms with Gasteiger partial charge in [-0.3, -0.25) is 19.4 Å². The molecular formula is C33H24ClN3O3. The molecule has 0 aliphatic carbocycles. The van der Waals surface area contributed by atoms with Crippen LogP contribution in [0.2, 0.25) is 5.02 Å². The number of hydrogen-bond donors (Lipinski definition) is 1. The van der Waals surface area contributed by atoms with Crippen molar-refractivity contribution in [2.45, 2.75) is 24.4 Å². The van der Waals surface area contributed by atoms with Crippen LogP contribution in [0.4, 0.5) is 11.4 Å². The van der Waals surface area contributed by atoms with Gasteiger partial charge >= 0.3 is 0 Å². The largest absolute Gasteiger partial charge is 0.352 e. The molecule has 3 aliphatic heterocycles. The fraction of sp³-hybridized carbons (Fsp3) is 0.152. The molecule has 0 bridgehead atoms. The van der Waals surface area contributed by atoms with Crippen molar-refractivity contribution < 1.29 is 14.4 Å². The monoisotopic (exact) mass is 545 g/mol. The average molecular weight is 546 g/mol. The lowest BCUT2D eigenvalue weighted by Gasteiger charge is -2.37. The van der Waals surface area contributed by atoms with Crippen LogP contribution >= 0.6 is 11.6 Å². The van der Waals surface area contributed by atoms with Crippen LogP contribution in [0.5, 0.6) is 0 Å². The molecule has 1 aromatic heterocycles. The summed E-state index contributed by atoms with van der Waals surface area (Å²) in [6, 6.07) is 23.7. The van der Waals surface area contributed by atoms with Crippen LogP contribution in [0.25, 0.3) is 6.08 Å². The summed E-state index contributed by atoms with van der Waals surface area (Å²) in [5.74, 6) is -1.97. The standard InChI is InChI=1S/C33H24ClN3O3/c1-19-9-15-26-21(18-19)12-16-27-33(23-6-2-3-7-24(23)36-32(33)40)28(31(39)25-8-4-5-17-35-25)29(37(26)27)30(38)20-10-13-22(34)14-11-20/h2-18,27-29H,1H3,(H,36,40)/t27-,28+,29-,33+/m0/s1. The Kier molecular flexibility index (Phi) is 5.51. The number of para-hydroxylation sites is 1. The lowest BCUT2D eigenvalue weighted by Crippen LogP contribution is -2.51. The normalized spacial score (nSPS) is 23.9. The van der Waals surface area contributed by atoms with Gasteiger partial charge in [-0.25, -0.2) is 0 Å². The van der Waals surface area contributed by atoms with E-state index in [-0.39, 0.29) is 23.2 Å².